The summed E-state index contributed by atoms with van der Waals surface area (Å²) < 4.78 is 2.11. The van der Waals surface area contributed by atoms with Crippen LogP contribution in [0, 0.1) is 0 Å². The number of aromatic nitrogens is 1. The molecule has 0 saturated heterocycles. The van der Waals surface area contributed by atoms with E-state index in [4.69, 9.17) is 5.73 Å². The summed E-state index contributed by atoms with van der Waals surface area (Å²) in [5.41, 5.74) is 10.9. The molecule has 22 heavy (non-hydrogen) atoms. The third-order valence-electron chi connectivity index (χ3n) is 4.30. The molecule has 0 aliphatic rings. The SMILES string of the molecule is Cn1c2ccccc2c2ccc(-c3ccccc3O)c(N)c21. The zero-order chi connectivity index (χ0) is 15.3. The highest BCUT2D eigenvalue weighted by molar-refractivity contribution is 6.14. The Hall–Kier alpha value is -2.94. The van der Waals surface area contributed by atoms with Gasteiger partial charge in [0.1, 0.15) is 5.75 Å². The Labute approximate surface area is 128 Å². The molecule has 108 valence electrons. The summed E-state index contributed by atoms with van der Waals surface area (Å²) in [7, 11) is 2.02. The van der Waals surface area contributed by atoms with E-state index in [0.717, 1.165) is 27.5 Å². The smallest absolute Gasteiger partial charge is 0.123 e. The van der Waals surface area contributed by atoms with Gasteiger partial charge in [0, 0.05) is 34.5 Å². The number of hydrogen-bond acceptors (Lipinski definition) is 2. The van der Waals surface area contributed by atoms with Crippen LogP contribution in [0.3, 0.4) is 0 Å². The van der Waals surface area contributed by atoms with Crippen LogP contribution < -0.4 is 5.73 Å². The van der Waals surface area contributed by atoms with Gasteiger partial charge in [-0.1, -0.05) is 48.5 Å². The minimum absolute atomic E-state index is 0.243. The second-order valence-electron chi connectivity index (χ2n) is 5.52. The van der Waals surface area contributed by atoms with Gasteiger partial charge in [0.2, 0.25) is 0 Å². The van der Waals surface area contributed by atoms with E-state index in [2.05, 4.69) is 22.8 Å². The monoisotopic (exact) mass is 288 g/mol. The number of aryl methyl sites for hydroxylation is 1. The molecule has 3 nitrogen and oxygen atoms in total. The summed E-state index contributed by atoms with van der Waals surface area (Å²) in [4.78, 5) is 0. The largest absolute Gasteiger partial charge is 0.507 e. The van der Waals surface area contributed by atoms with E-state index >= 15 is 0 Å². The predicted octanol–water partition coefficient (Wildman–Crippen LogP) is 4.29. The number of aromatic hydroxyl groups is 1. The Morgan fingerprint density at radius 2 is 1.55 bits per heavy atom. The molecule has 0 radical (unpaired) electrons. The third kappa shape index (κ3) is 1.62. The number of phenolic OH excluding ortho intramolecular Hbond substituents is 1. The minimum atomic E-state index is 0.243. The van der Waals surface area contributed by atoms with E-state index in [1.165, 1.54) is 5.39 Å². The topological polar surface area (TPSA) is 51.2 Å². The molecule has 1 heterocycles. The van der Waals surface area contributed by atoms with Gasteiger partial charge in [-0.25, -0.2) is 0 Å². The van der Waals surface area contributed by atoms with Crippen LogP contribution in [0.2, 0.25) is 0 Å². The maximum atomic E-state index is 10.1. The molecule has 3 heteroatoms. The van der Waals surface area contributed by atoms with Crippen molar-refractivity contribution in [1.82, 2.24) is 4.57 Å². The van der Waals surface area contributed by atoms with Crippen molar-refractivity contribution in [2.75, 3.05) is 5.73 Å². The summed E-state index contributed by atoms with van der Waals surface area (Å²) in [5, 5.41) is 12.4. The van der Waals surface area contributed by atoms with Gasteiger partial charge in [0.15, 0.2) is 0 Å². The molecule has 0 spiro atoms. The molecule has 0 aliphatic carbocycles. The summed E-state index contributed by atoms with van der Waals surface area (Å²) in [6.45, 7) is 0. The van der Waals surface area contributed by atoms with Crippen LogP contribution >= 0.6 is 0 Å². The number of hydrogen-bond donors (Lipinski definition) is 2. The molecule has 0 bridgehead atoms. The van der Waals surface area contributed by atoms with Crippen LogP contribution in [0.1, 0.15) is 0 Å². The number of anilines is 1. The van der Waals surface area contributed by atoms with E-state index in [0.29, 0.717) is 5.69 Å². The molecule has 0 aliphatic heterocycles. The molecular formula is C19H16N2O. The lowest BCUT2D eigenvalue weighted by Crippen LogP contribution is -1.96. The molecule has 3 N–H and O–H groups in total. The molecular weight excluding hydrogens is 272 g/mol. The van der Waals surface area contributed by atoms with Crippen LogP contribution in [0.15, 0.2) is 60.7 Å². The summed E-state index contributed by atoms with van der Waals surface area (Å²) in [5.74, 6) is 0.243. The lowest BCUT2D eigenvalue weighted by atomic mass is 10.0. The number of nitrogens with two attached hydrogens (primary N) is 1. The van der Waals surface area contributed by atoms with E-state index in [9.17, 15) is 5.11 Å². The number of para-hydroxylation sites is 2. The van der Waals surface area contributed by atoms with Gasteiger partial charge in [0.05, 0.1) is 11.2 Å². The summed E-state index contributed by atoms with van der Waals surface area (Å²) >= 11 is 0. The number of phenols is 1. The van der Waals surface area contributed by atoms with Crippen LogP contribution in [0.4, 0.5) is 5.69 Å². The fourth-order valence-corrected chi connectivity index (χ4v) is 3.24. The van der Waals surface area contributed by atoms with Crippen molar-refractivity contribution in [3.63, 3.8) is 0 Å². The minimum Gasteiger partial charge on any atom is -0.507 e. The van der Waals surface area contributed by atoms with Crippen molar-refractivity contribution in [3.05, 3.63) is 60.7 Å². The molecule has 0 saturated carbocycles. The van der Waals surface area contributed by atoms with Crippen LogP contribution in [-0.2, 0) is 7.05 Å². The zero-order valence-corrected chi connectivity index (χ0v) is 12.2. The second-order valence-corrected chi connectivity index (χ2v) is 5.52. The first-order valence-electron chi connectivity index (χ1n) is 7.22. The molecule has 0 unspecified atom stereocenters. The highest BCUT2D eigenvalue weighted by Crippen LogP contribution is 2.39. The summed E-state index contributed by atoms with van der Waals surface area (Å²) in [6.07, 6.45) is 0. The van der Waals surface area contributed by atoms with Crippen LogP contribution in [-0.4, -0.2) is 9.67 Å². The molecule has 0 atom stereocenters. The number of nitrogen functional groups attached to an aromatic ring is 1. The van der Waals surface area contributed by atoms with E-state index in [-0.39, 0.29) is 5.75 Å². The number of rotatable bonds is 1. The van der Waals surface area contributed by atoms with Gasteiger partial charge < -0.3 is 15.4 Å². The van der Waals surface area contributed by atoms with Gasteiger partial charge in [-0.3, -0.25) is 0 Å². The normalized spacial score (nSPS) is 11.3. The maximum absolute atomic E-state index is 10.1. The van der Waals surface area contributed by atoms with E-state index in [1.54, 1.807) is 6.07 Å². The van der Waals surface area contributed by atoms with Gasteiger partial charge in [-0.15, -0.1) is 0 Å². The Morgan fingerprint density at radius 3 is 2.36 bits per heavy atom. The first-order valence-corrected chi connectivity index (χ1v) is 7.22. The van der Waals surface area contributed by atoms with Crippen molar-refractivity contribution in [2.45, 2.75) is 0 Å². The average molecular weight is 288 g/mol. The van der Waals surface area contributed by atoms with Gasteiger partial charge in [-0.05, 0) is 12.1 Å². The Balaban J connectivity index is 2.13. The zero-order valence-electron chi connectivity index (χ0n) is 12.2. The van der Waals surface area contributed by atoms with Gasteiger partial charge in [0.25, 0.3) is 0 Å². The van der Waals surface area contributed by atoms with Crippen LogP contribution in [0.5, 0.6) is 5.75 Å². The molecule has 1 aromatic heterocycles. The van der Waals surface area contributed by atoms with Crippen molar-refractivity contribution < 1.29 is 5.11 Å². The van der Waals surface area contributed by atoms with Crippen molar-refractivity contribution in [3.8, 4) is 16.9 Å². The van der Waals surface area contributed by atoms with Crippen molar-refractivity contribution in [1.29, 1.82) is 0 Å². The number of benzene rings is 3. The maximum Gasteiger partial charge on any atom is 0.123 e. The molecule has 3 aromatic carbocycles. The highest BCUT2D eigenvalue weighted by atomic mass is 16.3. The highest BCUT2D eigenvalue weighted by Gasteiger charge is 2.15. The Kier molecular flexibility index (Phi) is 2.63. The molecule has 4 aromatic rings. The fraction of sp³-hybridized carbons (Fsp3) is 0.0526. The van der Waals surface area contributed by atoms with Crippen LogP contribution in [0.25, 0.3) is 32.9 Å². The molecule has 0 amide bonds. The standard InChI is InChI=1S/C19H16N2O/c1-21-16-8-4-2-6-12(16)15-11-10-14(18(20)19(15)21)13-7-3-5-9-17(13)22/h2-11,22H,20H2,1H3. The van der Waals surface area contributed by atoms with E-state index < -0.39 is 0 Å². The summed E-state index contributed by atoms with van der Waals surface area (Å²) in [6, 6.07) is 19.6. The molecule has 4 rings (SSSR count). The van der Waals surface area contributed by atoms with Gasteiger partial charge in [-0.2, -0.15) is 0 Å². The van der Waals surface area contributed by atoms with Gasteiger partial charge >= 0.3 is 0 Å². The van der Waals surface area contributed by atoms with E-state index in [1.807, 2.05) is 43.4 Å². The third-order valence-corrected chi connectivity index (χ3v) is 4.30. The van der Waals surface area contributed by atoms with Crippen molar-refractivity contribution in [2.24, 2.45) is 7.05 Å². The Morgan fingerprint density at radius 1 is 0.818 bits per heavy atom. The second kappa shape index (κ2) is 4.53. The first kappa shape index (κ1) is 12.8. The predicted molar refractivity (Wildman–Crippen MR) is 91.9 cm³/mol. The average Bonchev–Trinajstić information content (AvgIpc) is 2.83. The fourth-order valence-electron chi connectivity index (χ4n) is 3.24. The molecule has 0 fully saturated rings. The number of fused-ring (bicyclic) bond motifs is 3. The quantitative estimate of drug-likeness (QED) is 0.513. The first-order chi connectivity index (χ1) is 10.7. The lowest BCUT2D eigenvalue weighted by molar-refractivity contribution is 0.477. The lowest BCUT2D eigenvalue weighted by Gasteiger charge is -2.10. The van der Waals surface area contributed by atoms with Crippen molar-refractivity contribution >= 4 is 27.5 Å². The Bertz CT molecular complexity index is 1010. The number of nitrogens with zero attached hydrogens (tertiary/aromatic N) is 1.